The first-order valence-electron chi connectivity index (χ1n) is 3.32. The van der Waals surface area contributed by atoms with Crippen molar-refractivity contribution in [3.63, 3.8) is 0 Å². The molecule has 0 bridgehead atoms. The Morgan fingerprint density at radius 2 is 2.00 bits per heavy atom. The maximum absolute atomic E-state index is 10.7. The zero-order valence-corrected chi connectivity index (χ0v) is 6.64. The van der Waals surface area contributed by atoms with Crippen LogP contribution in [-0.4, -0.2) is 24.1 Å². The van der Waals surface area contributed by atoms with Gasteiger partial charge in [-0.3, -0.25) is 10.2 Å². The molecule has 11 heavy (non-hydrogen) atoms. The van der Waals surface area contributed by atoms with Gasteiger partial charge in [0.05, 0.1) is 13.0 Å². The highest BCUT2D eigenvalue weighted by Gasteiger charge is 2.11. The van der Waals surface area contributed by atoms with E-state index in [2.05, 4.69) is 4.74 Å². The lowest BCUT2D eigenvalue weighted by Gasteiger charge is -1.99. The second-order valence-electron chi connectivity index (χ2n) is 2.08. The first-order chi connectivity index (χ1) is 5.07. The van der Waals surface area contributed by atoms with Gasteiger partial charge in [0.1, 0.15) is 11.5 Å². The van der Waals surface area contributed by atoms with Crippen molar-refractivity contribution in [3.05, 3.63) is 0 Å². The maximum Gasteiger partial charge on any atom is 0.352 e. The summed E-state index contributed by atoms with van der Waals surface area (Å²) in [5, 5.41) is 7.03. The van der Waals surface area contributed by atoms with Crippen LogP contribution >= 0.6 is 0 Å². The Hall–Kier alpha value is -1.19. The molecule has 0 amide bonds. The monoisotopic (exact) mass is 157 g/mol. The van der Waals surface area contributed by atoms with Gasteiger partial charge in [0, 0.05) is 0 Å². The van der Waals surface area contributed by atoms with Gasteiger partial charge in [-0.2, -0.15) is 0 Å². The molecule has 0 saturated heterocycles. The van der Waals surface area contributed by atoms with Gasteiger partial charge in [-0.15, -0.1) is 0 Å². The van der Waals surface area contributed by atoms with Gasteiger partial charge < -0.3 is 4.74 Å². The molecule has 0 aromatic carbocycles. The van der Waals surface area contributed by atoms with Gasteiger partial charge in [-0.05, 0) is 13.8 Å². The fourth-order valence-corrected chi connectivity index (χ4v) is 0.539. The topological polar surface area (TPSA) is 67.2 Å². The highest BCUT2D eigenvalue weighted by atomic mass is 16.5. The van der Waals surface area contributed by atoms with Crippen molar-refractivity contribution in [2.75, 3.05) is 6.61 Å². The van der Waals surface area contributed by atoms with Crippen molar-refractivity contribution in [1.82, 2.24) is 0 Å². The Kier molecular flexibility index (Phi) is 4.10. The van der Waals surface area contributed by atoms with Crippen molar-refractivity contribution < 1.29 is 14.3 Å². The average Bonchev–Trinajstić information content (AvgIpc) is 1.86. The molecule has 0 spiro atoms. The lowest BCUT2D eigenvalue weighted by Crippen LogP contribution is -2.18. The number of rotatable bonds is 4. The van der Waals surface area contributed by atoms with Crippen LogP contribution in [0.25, 0.3) is 0 Å². The fourth-order valence-electron chi connectivity index (χ4n) is 0.539. The number of ketones is 1. The summed E-state index contributed by atoms with van der Waals surface area (Å²) in [7, 11) is 0. The van der Waals surface area contributed by atoms with Gasteiger partial charge >= 0.3 is 5.97 Å². The quantitative estimate of drug-likeness (QED) is 0.478. The van der Waals surface area contributed by atoms with E-state index in [0.29, 0.717) is 0 Å². The zero-order chi connectivity index (χ0) is 8.85. The Bertz CT molecular complexity index is 186. The third-order valence-corrected chi connectivity index (χ3v) is 0.948. The summed E-state index contributed by atoms with van der Waals surface area (Å²) in [6, 6.07) is 0. The van der Waals surface area contributed by atoms with Crippen LogP contribution in [-0.2, 0) is 14.3 Å². The third-order valence-electron chi connectivity index (χ3n) is 0.948. The van der Waals surface area contributed by atoms with Gasteiger partial charge in [0.25, 0.3) is 0 Å². The molecule has 4 heteroatoms. The number of hydrogen-bond acceptors (Lipinski definition) is 4. The van der Waals surface area contributed by atoms with Crippen molar-refractivity contribution in [2.24, 2.45) is 0 Å². The second-order valence-corrected chi connectivity index (χ2v) is 2.08. The Balaban J connectivity index is 3.83. The van der Waals surface area contributed by atoms with Crippen molar-refractivity contribution in [3.8, 4) is 0 Å². The molecule has 0 aliphatic heterocycles. The number of nitrogens with one attached hydrogen (secondary N) is 1. The molecule has 4 nitrogen and oxygen atoms in total. The number of ether oxygens (including phenoxy) is 1. The van der Waals surface area contributed by atoms with Crippen molar-refractivity contribution >= 4 is 17.5 Å². The third kappa shape index (κ3) is 4.25. The summed E-state index contributed by atoms with van der Waals surface area (Å²) < 4.78 is 4.49. The van der Waals surface area contributed by atoms with Crippen molar-refractivity contribution in [2.45, 2.75) is 20.3 Å². The molecule has 62 valence electrons. The van der Waals surface area contributed by atoms with Crippen LogP contribution in [0.4, 0.5) is 0 Å². The minimum atomic E-state index is -0.706. The van der Waals surface area contributed by atoms with Gasteiger partial charge in [-0.1, -0.05) is 0 Å². The molecule has 0 atom stereocenters. The van der Waals surface area contributed by atoms with Gasteiger partial charge in [-0.25, -0.2) is 4.79 Å². The SMILES string of the molecule is CCOC(=O)C(=N)CC(C)=O. The summed E-state index contributed by atoms with van der Waals surface area (Å²) in [6.45, 7) is 3.21. The molecule has 0 aliphatic carbocycles. The van der Waals surface area contributed by atoms with E-state index in [9.17, 15) is 9.59 Å². The highest BCUT2D eigenvalue weighted by molar-refractivity contribution is 6.38. The van der Waals surface area contributed by atoms with E-state index in [1.165, 1.54) is 6.92 Å². The summed E-state index contributed by atoms with van der Waals surface area (Å²) in [5.74, 6) is -0.911. The summed E-state index contributed by atoms with van der Waals surface area (Å²) in [4.78, 5) is 21.1. The average molecular weight is 157 g/mol. The molecule has 0 aromatic rings. The molecule has 0 fully saturated rings. The van der Waals surface area contributed by atoms with E-state index in [-0.39, 0.29) is 24.5 Å². The van der Waals surface area contributed by atoms with Crippen LogP contribution in [0.15, 0.2) is 0 Å². The normalized spacial score (nSPS) is 8.91. The van der Waals surface area contributed by atoms with Crippen LogP contribution < -0.4 is 0 Å². The summed E-state index contributed by atoms with van der Waals surface area (Å²) >= 11 is 0. The number of Topliss-reactive ketones (excluding diaryl/α,β-unsaturated/α-hetero) is 1. The summed E-state index contributed by atoms with van der Waals surface area (Å²) in [5.41, 5.74) is -0.278. The van der Waals surface area contributed by atoms with Crippen molar-refractivity contribution in [1.29, 1.82) is 5.41 Å². The van der Waals surface area contributed by atoms with Gasteiger partial charge in [0.2, 0.25) is 0 Å². The Morgan fingerprint density at radius 1 is 1.45 bits per heavy atom. The summed E-state index contributed by atoms with van der Waals surface area (Å²) in [6.07, 6.45) is -0.140. The molecule has 0 unspecified atom stereocenters. The molecular formula is C7H11NO3. The number of carbonyl (C=O) groups excluding carboxylic acids is 2. The van der Waals surface area contributed by atoms with Crippen LogP contribution in [0.2, 0.25) is 0 Å². The number of esters is 1. The molecule has 0 aromatic heterocycles. The highest BCUT2D eigenvalue weighted by Crippen LogP contribution is 1.89. The predicted molar refractivity (Wildman–Crippen MR) is 39.7 cm³/mol. The molecular weight excluding hydrogens is 146 g/mol. The first-order valence-corrected chi connectivity index (χ1v) is 3.32. The largest absolute Gasteiger partial charge is 0.462 e. The van der Waals surface area contributed by atoms with E-state index in [1.54, 1.807) is 6.92 Å². The smallest absolute Gasteiger partial charge is 0.352 e. The van der Waals surface area contributed by atoms with Crippen LogP contribution in [0.5, 0.6) is 0 Å². The molecule has 0 saturated carbocycles. The van der Waals surface area contributed by atoms with E-state index < -0.39 is 5.97 Å². The molecule has 0 heterocycles. The van der Waals surface area contributed by atoms with Crippen LogP contribution in [0.1, 0.15) is 20.3 Å². The molecule has 0 rings (SSSR count). The number of hydrogen-bond donors (Lipinski definition) is 1. The van der Waals surface area contributed by atoms with Crippen LogP contribution in [0, 0.1) is 5.41 Å². The molecule has 0 aliphatic rings. The van der Waals surface area contributed by atoms with Gasteiger partial charge in [0.15, 0.2) is 0 Å². The molecule has 1 N–H and O–H groups in total. The second kappa shape index (κ2) is 4.60. The first kappa shape index (κ1) is 9.81. The Morgan fingerprint density at radius 3 is 2.36 bits per heavy atom. The van der Waals surface area contributed by atoms with E-state index in [4.69, 9.17) is 5.41 Å². The molecule has 0 radical (unpaired) electrons. The number of carbonyl (C=O) groups is 2. The van der Waals surface area contributed by atoms with E-state index in [0.717, 1.165) is 0 Å². The van der Waals surface area contributed by atoms with E-state index >= 15 is 0 Å². The maximum atomic E-state index is 10.7. The standard InChI is InChI=1S/C7H11NO3/c1-3-11-7(10)6(8)4-5(2)9/h8H,3-4H2,1-2H3. The zero-order valence-electron chi connectivity index (χ0n) is 6.64. The lowest BCUT2D eigenvalue weighted by molar-refractivity contribution is -0.135. The fraction of sp³-hybridized carbons (Fsp3) is 0.571. The minimum absolute atomic E-state index is 0.140. The Labute approximate surface area is 65.1 Å². The van der Waals surface area contributed by atoms with E-state index in [1.807, 2.05) is 0 Å². The lowest BCUT2D eigenvalue weighted by atomic mass is 10.2. The van der Waals surface area contributed by atoms with Crippen LogP contribution in [0.3, 0.4) is 0 Å². The predicted octanol–water partition coefficient (Wildman–Crippen LogP) is 0.548. The minimum Gasteiger partial charge on any atom is -0.462 e.